The van der Waals surface area contributed by atoms with Gasteiger partial charge in [-0.1, -0.05) is 20.8 Å². The summed E-state index contributed by atoms with van der Waals surface area (Å²) in [5.41, 5.74) is -4.50. The van der Waals surface area contributed by atoms with Crippen LogP contribution >= 0.6 is 0 Å². The quantitative estimate of drug-likeness (QED) is 0.176. The molecule has 5 N–H and O–H groups in total. The second kappa shape index (κ2) is 18.2. The van der Waals surface area contributed by atoms with Gasteiger partial charge in [0.2, 0.25) is 6.41 Å². The van der Waals surface area contributed by atoms with Gasteiger partial charge in [0, 0.05) is 39.1 Å². The molecule has 0 radical (unpaired) electrons. The van der Waals surface area contributed by atoms with Crippen LogP contribution in [0.5, 0.6) is 0 Å². The first-order valence-corrected chi connectivity index (χ1v) is 19.2. The Balaban J connectivity index is 2.18. The lowest BCUT2D eigenvalue weighted by Crippen LogP contribution is -2.60. The first kappa shape index (κ1) is 45.9. The molecular weight excluding hydrogens is 692 g/mol. The van der Waals surface area contributed by atoms with E-state index >= 15 is 0 Å². The highest BCUT2D eigenvalue weighted by atomic mass is 16.7. The first-order chi connectivity index (χ1) is 24.4. The van der Waals surface area contributed by atoms with Crippen molar-refractivity contribution >= 4 is 12.4 Å². The van der Waals surface area contributed by atoms with Crippen LogP contribution in [0, 0.1) is 17.8 Å². The van der Waals surface area contributed by atoms with Crippen LogP contribution < -0.4 is 0 Å². The van der Waals surface area contributed by atoms with Gasteiger partial charge in [-0.15, -0.1) is 0 Å². The number of esters is 1. The summed E-state index contributed by atoms with van der Waals surface area (Å²) in [7, 11) is 4.88. The van der Waals surface area contributed by atoms with Gasteiger partial charge in [-0.2, -0.15) is 0 Å². The Bertz CT molecular complexity index is 1190. The zero-order valence-corrected chi connectivity index (χ0v) is 34.2. The van der Waals surface area contributed by atoms with Gasteiger partial charge < -0.3 is 63.8 Å². The number of carbonyl (C=O) groups is 2. The Hall–Kier alpha value is -1.50. The van der Waals surface area contributed by atoms with E-state index in [1.54, 1.807) is 55.5 Å². The number of cyclic esters (lactones) is 1. The molecule has 0 aromatic heterocycles. The normalized spacial score (nSPS) is 48.6. The maximum Gasteiger partial charge on any atom is 0.311 e. The number of likely N-dealkylation sites (N-methyl/N-ethyl adjacent to an activating group) is 2. The Morgan fingerprint density at radius 1 is 0.981 bits per heavy atom. The van der Waals surface area contributed by atoms with Crippen molar-refractivity contribution in [2.45, 2.75) is 185 Å². The molecule has 3 saturated heterocycles. The average molecular weight is 763 g/mol. The number of methoxy groups -OCH3 is 1. The van der Waals surface area contributed by atoms with Crippen LogP contribution in [0.4, 0.5) is 0 Å². The Labute approximate surface area is 316 Å². The highest BCUT2D eigenvalue weighted by molar-refractivity contribution is 5.73. The molecule has 3 heterocycles. The number of hydrogen-bond donors (Lipinski definition) is 5. The van der Waals surface area contributed by atoms with E-state index in [2.05, 4.69) is 0 Å². The van der Waals surface area contributed by atoms with Crippen molar-refractivity contribution < 1.29 is 63.5 Å². The minimum atomic E-state index is -1.82. The molecule has 310 valence electrons. The van der Waals surface area contributed by atoms with Crippen LogP contribution in [-0.2, 0) is 38.0 Å². The van der Waals surface area contributed by atoms with Gasteiger partial charge in [-0.3, -0.25) is 9.59 Å². The van der Waals surface area contributed by atoms with Gasteiger partial charge in [0.15, 0.2) is 12.6 Å². The molecule has 15 nitrogen and oxygen atoms in total. The highest BCUT2D eigenvalue weighted by Gasteiger charge is 2.52. The fourth-order valence-electron chi connectivity index (χ4n) is 8.71. The summed E-state index contributed by atoms with van der Waals surface area (Å²) >= 11 is 0. The average Bonchev–Trinajstić information content (AvgIpc) is 3.09. The number of ether oxygens (including phenoxy) is 6. The number of carbonyl (C=O) groups excluding carboxylic acids is 2. The largest absolute Gasteiger partial charge is 0.459 e. The number of nitrogens with zero attached hydrogens (tertiary/aromatic N) is 2. The van der Waals surface area contributed by atoms with Crippen molar-refractivity contribution in [3.05, 3.63) is 0 Å². The minimum Gasteiger partial charge on any atom is -0.459 e. The zero-order valence-electron chi connectivity index (χ0n) is 34.2. The third-order valence-electron chi connectivity index (χ3n) is 12.2. The lowest BCUT2D eigenvalue weighted by atomic mass is 9.77. The Morgan fingerprint density at radius 2 is 1.60 bits per heavy atom. The Morgan fingerprint density at radius 3 is 2.17 bits per heavy atom. The fraction of sp³-hybridized carbons (Fsp3) is 0.947. The number of hydrogen-bond acceptors (Lipinski definition) is 14. The molecule has 3 rings (SSSR count). The summed E-state index contributed by atoms with van der Waals surface area (Å²) in [6.07, 6.45) is -8.72. The maximum absolute atomic E-state index is 14.2. The van der Waals surface area contributed by atoms with E-state index in [0.29, 0.717) is 19.4 Å². The molecule has 0 spiro atoms. The van der Waals surface area contributed by atoms with Gasteiger partial charge in [-0.25, -0.2) is 0 Å². The fourth-order valence-corrected chi connectivity index (χ4v) is 8.71. The monoisotopic (exact) mass is 762 g/mol. The van der Waals surface area contributed by atoms with Crippen molar-refractivity contribution in [2.24, 2.45) is 17.8 Å². The van der Waals surface area contributed by atoms with Crippen LogP contribution in [0.1, 0.15) is 94.9 Å². The topological polar surface area (TPSA) is 197 Å². The second-order valence-corrected chi connectivity index (χ2v) is 17.0. The molecule has 3 aliphatic rings. The second-order valence-electron chi connectivity index (χ2n) is 17.0. The predicted octanol–water partition coefficient (Wildman–Crippen LogP) is 1.43. The molecule has 1 amide bonds. The van der Waals surface area contributed by atoms with Gasteiger partial charge in [0.25, 0.3) is 0 Å². The molecule has 0 saturated carbocycles. The molecule has 53 heavy (non-hydrogen) atoms. The molecule has 0 aliphatic carbocycles. The van der Waals surface area contributed by atoms with Crippen molar-refractivity contribution in [3.8, 4) is 0 Å². The van der Waals surface area contributed by atoms with Gasteiger partial charge in [0.1, 0.15) is 30.0 Å². The molecule has 3 fully saturated rings. The summed E-state index contributed by atoms with van der Waals surface area (Å²) in [5, 5.41) is 58.1. The minimum absolute atomic E-state index is 0.101. The third-order valence-corrected chi connectivity index (χ3v) is 12.2. The van der Waals surface area contributed by atoms with Crippen LogP contribution in [-0.4, -0.2) is 166 Å². The zero-order chi connectivity index (χ0) is 40.4. The van der Waals surface area contributed by atoms with Crippen molar-refractivity contribution in [1.29, 1.82) is 0 Å². The van der Waals surface area contributed by atoms with Gasteiger partial charge in [-0.05, 0) is 80.7 Å². The lowest BCUT2D eigenvalue weighted by molar-refractivity contribution is -0.317. The van der Waals surface area contributed by atoms with E-state index in [4.69, 9.17) is 28.4 Å². The highest BCUT2D eigenvalue weighted by Crippen LogP contribution is 2.40. The van der Waals surface area contributed by atoms with E-state index in [9.17, 15) is 35.1 Å². The molecule has 18 atom stereocenters. The SMILES string of the molecule is CC[C@@H]1OC(=O)[C@H](C)[C@H](O[C@@H]2C[C@](C)(OC)[C@H](O)[C@H](C)O2)[C@@H](C)[C@H](O[C@@H]2O[C@H](C)C[C@H](N(C)C=O)[C@H]2O)[C@](C)(O)C[C@H](C)CN(C)[C@H](C)[C@@H](O)[C@@]1(C)O. The van der Waals surface area contributed by atoms with Crippen LogP contribution in [0.15, 0.2) is 0 Å². The summed E-state index contributed by atoms with van der Waals surface area (Å²) in [6.45, 7) is 17.6. The van der Waals surface area contributed by atoms with E-state index in [1.165, 1.54) is 18.9 Å². The Kier molecular flexibility index (Phi) is 15.7. The third kappa shape index (κ3) is 10.3. The van der Waals surface area contributed by atoms with Crippen LogP contribution in [0.2, 0.25) is 0 Å². The van der Waals surface area contributed by atoms with Crippen LogP contribution in [0.25, 0.3) is 0 Å². The van der Waals surface area contributed by atoms with Gasteiger partial charge in [0.05, 0.1) is 47.6 Å². The molecule has 0 aromatic rings. The smallest absolute Gasteiger partial charge is 0.311 e. The molecule has 15 heteroatoms. The lowest BCUT2D eigenvalue weighted by Gasteiger charge is -2.48. The first-order valence-electron chi connectivity index (χ1n) is 19.2. The number of aliphatic hydroxyl groups is 5. The summed E-state index contributed by atoms with van der Waals surface area (Å²) in [6, 6.07) is -1.19. The van der Waals surface area contributed by atoms with Crippen molar-refractivity contribution in [3.63, 3.8) is 0 Å². The number of rotatable bonds is 8. The molecular formula is C38H70N2O13. The maximum atomic E-state index is 14.2. The summed E-state index contributed by atoms with van der Waals surface area (Å²) in [5.74, 6) is -2.78. The predicted molar refractivity (Wildman–Crippen MR) is 194 cm³/mol. The molecule has 0 unspecified atom stereocenters. The molecule has 0 bridgehead atoms. The van der Waals surface area contributed by atoms with Gasteiger partial charge >= 0.3 is 5.97 Å². The number of aliphatic hydroxyl groups excluding tert-OH is 3. The van der Waals surface area contributed by atoms with E-state index in [1.807, 2.05) is 25.8 Å². The summed E-state index contributed by atoms with van der Waals surface area (Å²) in [4.78, 5) is 29.2. The van der Waals surface area contributed by atoms with Crippen LogP contribution in [0.3, 0.4) is 0 Å². The standard InChI is InChI=1S/C38H70N2O13/c1-14-27-38(10,47)31(43)24(6)39(11)18-20(2)16-36(8,46)33(53-35-29(42)26(40(12)19-41)15-21(3)49-35)22(4)30(23(5)34(45)51-27)52-28-17-37(9,48-13)32(44)25(7)50-28/h19-33,35,42-44,46-47H,14-18H2,1-13H3/t20-,21+,22+,23+,24+,25-,26-,27-,28+,29+,30+,31+,32+,33-,35-,36+,37-,38-/m0/s1. The molecule has 3 aliphatic heterocycles. The van der Waals surface area contributed by atoms with Crippen molar-refractivity contribution in [2.75, 3.05) is 27.7 Å². The van der Waals surface area contributed by atoms with E-state index < -0.39 is 108 Å². The van der Waals surface area contributed by atoms with Crippen molar-refractivity contribution in [1.82, 2.24) is 9.80 Å². The number of amides is 1. The van der Waals surface area contributed by atoms with E-state index in [-0.39, 0.29) is 25.2 Å². The van der Waals surface area contributed by atoms with E-state index in [0.717, 1.165) is 0 Å². The summed E-state index contributed by atoms with van der Waals surface area (Å²) < 4.78 is 37.3. The molecule has 0 aromatic carbocycles.